The number of halogens is 3. The molecule has 0 aliphatic carbocycles. The van der Waals surface area contributed by atoms with Crippen molar-refractivity contribution < 1.29 is 22.7 Å². The minimum atomic E-state index is -4.39. The molecule has 1 aliphatic heterocycles. The molecule has 2 aromatic carbocycles. The Balaban J connectivity index is 1.74. The number of ether oxygens (including phenoxy) is 1. The SMILES string of the molecule is COc1cccc(C(=O)N2CCc3sccc3C2c2ccc(C(F)(F)F)cc2)c1. The van der Waals surface area contributed by atoms with Crippen LogP contribution in [0.4, 0.5) is 13.2 Å². The van der Waals surface area contributed by atoms with Crippen molar-refractivity contribution in [3.63, 3.8) is 0 Å². The number of rotatable bonds is 3. The third-order valence-corrected chi connectivity index (χ3v) is 6.09. The Labute approximate surface area is 170 Å². The number of hydrogen-bond acceptors (Lipinski definition) is 3. The van der Waals surface area contributed by atoms with E-state index in [-0.39, 0.29) is 5.91 Å². The van der Waals surface area contributed by atoms with Gasteiger partial charge in [0, 0.05) is 17.0 Å². The molecule has 0 saturated carbocycles. The molecular weight excluding hydrogens is 399 g/mol. The van der Waals surface area contributed by atoms with Crippen molar-refractivity contribution in [2.45, 2.75) is 18.6 Å². The fourth-order valence-electron chi connectivity index (χ4n) is 3.67. The van der Waals surface area contributed by atoms with E-state index in [2.05, 4.69) is 0 Å². The lowest BCUT2D eigenvalue weighted by Crippen LogP contribution is -2.40. The van der Waals surface area contributed by atoms with Gasteiger partial charge < -0.3 is 9.64 Å². The molecule has 4 rings (SSSR count). The molecule has 1 amide bonds. The Bertz CT molecular complexity index is 1030. The number of methoxy groups -OCH3 is 1. The summed E-state index contributed by atoms with van der Waals surface area (Å²) in [5.41, 5.74) is 1.42. The van der Waals surface area contributed by atoms with Crippen LogP contribution in [0.15, 0.2) is 60.0 Å². The number of fused-ring (bicyclic) bond motifs is 1. The van der Waals surface area contributed by atoms with Crippen LogP contribution < -0.4 is 4.74 Å². The van der Waals surface area contributed by atoms with Crippen LogP contribution in [0.1, 0.15) is 38.0 Å². The number of hydrogen-bond donors (Lipinski definition) is 0. The zero-order chi connectivity index (χ0) is 20.6. The molecule has 1 atom stereocenters. The normalized spacial score (nSPS) is 16.4. The van der Waals surface area contributed by atoms with Crippen LogP contribution in [-0.2, 0) is 12.6 Å². The predicted octanol–water partition coefficient (Wildman–Crippen LogP) is 5.56. The van der Waals surface area contributed by atoms with Gasteiger partial charge in [0.25, 0.3) is 5.91 Å². The molecule has 3 nitrogen and oxygen atoms in total. The molecule has 0 radical (unpaired) electrons. The van der Waals surface area contributed by atoms with Crippen LogP contribution in [0, 0.1) is 0 Å². The van der Waals surface area contributed by atoms with E-state index in [1.807, 2.05) is 11.4 Å². The van der Waals surface area contributed by atoms with Crippen molar-refractivity contribution in [3.8, 4) is 5.75 Å². The Morgan fingerprint density at radius 3 is 2.59 bits per heavy atom. The van der Waals surface area contributed by atoms with Gasteiger partial charge >= 0.3 is 6.18 Å². The van der Waals surface area contributed by atoms with Gasteiger partial charge in [-0.1, -0.05) is 18.2 Å². The van der Waals surface area contributed by atoms with Gasteiger partial charge in [-0.25, -0.2) is 0 Å². The molecule has 1 aliphatic rings. The molecule has 3 aromatic rings. The lowest BCUT2D eigenvalue weighted by atomic mass is 9.92. The van der Waals surface area contributed by atoms with E-state index in [0.717, 1.165) is 29.0 Å². The second kappa shape index (κ2) is 7.55. The molecule has 1 unspecified atom stereocenters. The maximum Gasteiger partial charge on any atom is 0.416 e. The summed E-state index contributed by atoms with van der Waals surface area (Å²) in [5.74, 6) is 0.404. The van der Waals surface area contributed by atoms with E-state index in [1.165, 1.54) is 19.2 Å². The van der Waals surface area contributed by atoms with Crippen molar-refractivity contribution in [1.82, 2.24) is 4.90 Å². The first-order chi connectivity index (χ1) is 13.9. The van der Waals surface area contributed by atoms with Gasteiger partial charge in [-0.3, -0.25) is 4.79 Å². The smallest absolute Gasteiger partial charge is 0.416 e. The highest BCUT2D eigenvalue weighted by atomic mass is 32.1. The molecule has 2 heterocycles. The van der Waals surface area contributed by atoms with Gasteiger partial charge in [-0.05, 0) is 59.3 Å². The van der Waals surface area contributed by atoms with Crippen molar-refractivity contribution in [2.24, 2.45) is 0 Å². The Morgan fingerprint density at radius 1 is 1.14 bits per heavy atom. The number of benzene rings is 2. The molecule has 0 spiro atoms. The van der Waals surface area contributed by atoms with Crippen LogP contribution in [0.2, 0.25) is 0 Å². The van der Waals surface area contributed by atoms with Crippen LogP contribution >= 0.6 is 11.3 Å². The summed E-state index contributed by atoms with van der Waals surface area (Å²) in [4.78, 5) is 16.2. The molecule has 29 heavy (non-hydrogen) atoms. The predicted molar refractivity (Wildman–Crippen MR) is 105 cm³/mol. The first kappa shape index (κ1) is 19.5. The number of carbonyl (C=O) groups excluding carboxylic acids is 1. The fraction of sp³-hybridized carbons (Fsp3) is 0.227. The second-order valence-electron chi connectivity index (χ2n) is 6.80. The molecule has 0 bridgehead atoms. The number of amides is 1. The summed E-state index contributed by atoms with van der Waals surface area (Å²) in [7, 11) is 1.53. The molecule has 0 N–H and O–H groups in total. The Kier molecular flexibility index (Phi) is 5.08. The summed E-state index contributed by atoms with van der Waals surface area (Å²) in [5, 5.41) is 1.96. The maximum absolute atomic E-state index is 13.3. The van der Waals surface area contributed by atoms with Crippen molar-refractivity contribution >= 4 is 17.2 Å². The standard InChI is InChI=1S/C22H18F3NO2S/c1-28-17-4-2-3-15(13-17)21(27)26-11-9-19-18(10-12-29-19)20(26)14-5-7-16(8-6-14)22(23,24)25/h2-8,10,12-13,20H,9,11H2,1H3. The summed E-state index contributed by atoms with van der Waals surface area (Å²) in [6.45, 7) is 0.495. The van der Waals surface area contributed by atoms with Gasteiger partial charge in [-0.2, -0.15) is 13.2 Å². The van der Waals surface area contributed by atoms with Crippen LogP contribution in [-0.4, -0.2) is 24.5 Å². The first-order valence-corrected chi connectivity index (χ1v) is 9.95. The lowest BCUT2D eigenvalue weighted by Gasteiger charge is -2.36. The average molecular weight is 417 g/mol. The van der Waals surface area contributed by atoms with E-state index < -0.39 is 17.8 Å². The minimum Gasteiger partial charge on any atom is -0.497 e. The van der Waals surface area contributed by atoms with Crippen LogP contribution in [0.3, 0.4) is 0 Å². The monoisotopic (exact) mass is 417 g/mol. The van der Waals surface area contributed by atoms with E-state index in [4.69, 9.17) is 4.74 Å². The third kappa shape index (κ3) is 3.74. The van der Waals surface area contributed by atoms with Crippen molar-refractivity contribution in [2.75, 3.05) is 13.7 Å². The molecule has 1 aromatic heterocycles. The maximum atomic E-state index is 13.3. The minimum absolute atomic E-state index is 0.175. The van der Waals surface area contributed by atoms with Crippen molar-refractivity contribution in [3.05, 3.63) is 87.1 Å². The average Bonchev–Trinajstić information content (AvgIpc) is 3.21. The number of alkyl halides is 3. The van der Waals surface area contributed by atoms with E-state index in [9.17, 15) is 18.0 Å². The summed E-state index contributed by atoms with van der Waals surface area (Å²) in [6, 6.07) is 13.5. The summed E-state index contributed by atoms with van der Waals surface area (Å²) < 4.78 is 44.1. The summed E-state index contributed by atoms with van der Waals surface area (Å²) >= 11 is 1.61. The topological polar surface area (TPSA) is 29.5 Å². The number of nitrogens with zero attached hydrogens (tertiary/aromatic N) is 1. The van der Waals surface area contributed by atoms with Crippen molar-refractivity contribution in [1.29, 1.82) is 0 Å². The molecule has 0 saturated heterocycles. The van der Waals surface area contributed by atoms with Gasteiger partial charge in [-0.15, -0.1) is 11.3 Å². The van der Waals surface area contributed by atoms with Gasteiger partial charge in [0.1, 0.15) is 5.75 Å². The highest BCUT2D eigenvalue weighted by molar-refractivity contribution is 7.10. The molecular formula is C22H18F3NO2S. The van der Waals surface area contributed by atoms with E-state index in [0.29, 0.717) is 23.4 Å². The quantitative estimate of drug-likeness (QED) is 0.558. The molecule has 7 heteroatoms. The second-order valence-corrected chi connectivity index (χ2v) is 7.80. The molecule has 150 valence electrons. The zero-order valence-electron chi connectivity index (χ0n) is 15.6. The van der Waals surface area contributed by atoms with Crippen LogP contribution in [0.25, 0.3) is 0 Å². The Hall–Kier alpha value is -2.80. The van der Waals surface area contributed by atoms with Crippen LogP contribution in [0.5, 0.6) is 5.75 Å². The van der Waals surface area contributed by atoms with Gasteiger partial charge in [0.15, 0.2) is 0 Å². The Morgan fingerprint density at radius 2 is 1.90 bits per heavy atom. The largest absolute Gasteiger partial charge is 0.497 e. The van der Waals surface area contributed by atoms with E-state index >= 15 is 0 Å². The molecule has 0 fully saturated rings. The highest BCUT2D eigenvalue weighted by Gasteiger charge is 2.35. The number of thiophene rings is 1. The highest BCUT2D eigenvalue weighted by Crippen LogP contribution is 2.39. The summed E-state index contributed by atoms with van der Waals surface area (Å²) in [6.07, 6.45) is -3.67. The number of carbonyl (C=O) groups is 1. The lowest BCUT2D eigenvalue weighted by molar-refractivity contribution is -0.137. The zero-order valence-corrected chi connectivity index (χ0v) is 16.4. The van der Waals surface area contributed by atoms with Gasteiger partial charge in [0.2, 0.25) is 0 Å². The van der Waals surface area contributed by atoms with E-state index in [1.54, 1.807) is 40.5 Å². The third-order valence-electron chi connectivity index (χ3n) is 5.10. The fourth-order valence-corrected chi connectivity index (χ4v) is 4.57. The first-order valence-electron chi connectivity index (χ1n) is 9.07. The van der Waals surface area contributed by atoms with Gasteiger partial charge in [0.05, 0.1) is 18.7 Å².